The second kappa shape index (κ2) is 5.71. The molecule has 0 aliphatic rings. The number of carbonyl (C=O) groups excluding carboxylic acids is 1. The Labute approximate surface area is 132 Å². The number of aromatic nitrogens is 5. The van der Waals surface area contributed by atoms with Crippen molar-refractivity contribution in [3.8, 4) is 0 Å². The zero-order valence-electron chi connectivity index (χ0n) is 13.5. The molecular formula is C15H18N6O2. The van der Waals surface area contributed by atoms with Crippen LogP contribution in [0.3, 0.4) is 0 Å². The van der Waals surface area contributed by atoms with E-state index >= 15 is 0 Å². The van der Waals surface area contributed by atoms with Gasteiger partial charge < -0.3 is 15.0 Å². The molecule has 0 saturated heterocycles. The molecule has 8 heteroatoms. The summed E-state index contributed by atoms with van der Waals surface area (Å²) in [7, 11) is 1.75. The third-order valence-corrected chi connectivity index (χ3v) is 3.40. The summed E-state index contributed by atoms with van der Waals surface area (Å²) in [5, 5.41) is 8.16. The Hall–Kier alpha value is -2.90. The number of ether oxygens (including phenoxy) is 1. The summed E-state index contributed by atoms with van der Waals surface area (Å²) in [4.78, 5) is 24.1. The third-order valence-electron chi connectivity index (χ3n) is 3.40. The molecule has 0 unspecified atom stereocenters. The van der Waals surface area contributed by atoms with E-state index in [1.807, 2.05) is 19.9 Å². The van der Waals surface area contributed by atoms with Crippen molar-refractivity contribution in [1.82, 2.24) is 24.7 Å². The molecule has 0 spiro atoms. The van der Waals surface area contributed by atoms with Crippen LogP contribution in [0.4, 0.5) is 11.6 Å². The van der Waals surface area contributed by atoms with Gasteiger partial charge in [-0.2, -0.15) is 5.10 Å². The summed E-state index contributed by atoms with van der Waals surface area (Å²) in [6, 6.07) is 1.96. The van der Waals surface area contributed by atoms with Crippen molar-refractivity contribution in [3.63, 3.8) is 0 Å². The van der Waals surface area contributed by atoms with Crippen molar-refractivity contribution in [2.45, 2.75) is 20.8 Å². The van der Waals surface area contributed by atoms with Crippen molar-refractivity contribution in [2.75, 3.05) is 11.9 Å². The fourth-order valence-corrected chi connectivity index (χ4v) is 2.40. The van der Waals surface area contributed by atoms with Crippen LogP contribution < -0.4 is 5.32 Å². The van der Waals surface area contributed by atoms with E-state index in [1.165, 1.54) is 6.20 Å². The largest absolute Gasteiger partial charge is 0.462 e. The zero-order chi connectivity index (χ0) is 16.6. The number of carbonyl (C=O) groups is 1. The first kappa shape index (κ1) is 15.0. The van der Waals surface area contributed by atoms with Crippen molar-refractivity contribution >= 4 is 28.6 Å². The quantitative estimate of drug-likeness (QED) is 0.717. The van der Waals surface area contributed by atoms with Crippen LogP contribution in [0.1, 0.15) is 28.8 Å². The lowest BCUT2D eigenvalue weighted by atomic mass is 10.3. The lowest BCUT2D eigenvalue weighted by Gasteiger charge is -2.10. The molecule has 0 saturated carbocycles. The van der Waals surface area contributed by atoms with E-state index in [4.69, 9.17) is 4.74 Å². The maximum Gasteiger partial charge on any atom is 0.343 e. The van der Waals surface area contributed by atoms with Gasteiger partial charge in [-0.15, -0.1) is 0 Å². The van der Waals surface area contributed by atoms with Crippen LogP contribution in [0, 0.1) is 13.8 Å². The molecule has 23 heavy (non-hydrogen) atoms. The highest BCUT2D eigenvalue weighted by atomic mass is 16.5. The molecule has 8 nitrogen and oxygen atoms in total. The highest BCUT2D eigenvalue weighted by Crippen LogP contribution is 2.26. The summed E-state index contributed by atoms with van der Waals surface area (Å²) < 4.78 is 6.64. The number of aryl methyl sites for hydroxylation is 3. The topological polar surface area (TPSA) is 97.7 Å². The Bertz CT molecular complexity index is 880. The number of nitrogens with zero attached hydrogens (tertiary/aromatic N) is 4. The van der Waals surface area contributed by atoms with Crippen LogP contribution in [0.5, 0.6) is 0 Å². The SMILES string of the molecule is CCOC(=O)c1cnn(C)c1Nc1nc(C)nc2[nH]c(C)cc12. The Morgan fingerprint density at radius 3 is 2.91 bits per heavy atom. The normalized spacial score (nSPS) is 11.0. The zero-order valence-corrected chi connectivity index (χ0v) is 13.5. The van der Waals surface area contributed by atoms with Crippen LogP contribution in [0.25, 0.3) is 11.0 Å². The molecule has 3 aromatic rings. The van der Waals surface area contributed by atoms with E-state index in [0.29, 0.717) is 29.6 Å². The molecule has 0 aliphatic heterocycles. The summed E-state index contributed by atoms with van der Waals surface area (Å²) in [6.45, 7) is 5.84. The van der Waals surface area contributed by atoms with Gasteiger partial charge in [0.1, 0.15) is 28.7 Å². The fourth-order valence-electron chi connectivity index (χ4n) is 2.40. The molecule has 3 rings (SSSR count). The Morgan fingerprint density at radius 2 is 2.17 bits per heavy atom. The van der Waals surface area contributed by atoms with Gasteiger partial charge in [0.25, 0.3) is 0 Å². The lowest BCUT2D eigenvalue weighted by Crippen LogP contribution is -2.09. The minimum absolute atomic E-state index is 0.307. The molecule has 0 amide bonds. The van der Waals surface area contributed by atoms with Crippen LogP contribution in [0.15, 0.2) is 12.3 Å². The highest BCUT2D eigenvalue weighted by Gasteiger charge is 2.19. The van der Waals surface area contributed by atoms with Gasteiger partial charge in [0.15, 0.2) is 0 Å². The average molecular weight is 314 g/mol. The summed E-state index contributed by atoms with van der Waals surface area (Å²) in [5.41, 5.74) is 2.10. The first-order valence-electron chi connectivity index (χ1n) is 7.29. The minimum atomic E-state index is -0.421. The number of hydrogen-bond acceptors (Lipinski definition) is 6. The molecule has 0 atom stereocenters. The fraction of sp³-hybridized carbons (Fsp3) is 0.333. The first-order valence-corrected chi connectivity index (χ1v) is 7.29. The average Bonchev–Trinajstić information content (AvgIpc) is 3.02. The molecule has 3 aromatic heterocycles. The molecule has 0 fully saturated rings. The molecular weight excluding hydrogens is 296 g/mol. The van der Waals surface area contributed by atoms with Crippen molar-refractivity contribution in [3.05, 3.63) is 29.3 Å². The number of rotatable bonds is 4. The van der Waals surface area contributed by atoms with Gasteiger partial charge in [0.2, 0.25) is 0 Å². The Kier molecular flexibility index (Phi) is 3.73. The number of hydrogen-bond donors (Lipinski definition) is 2. The van der Waals surface area contributed by atoms with E-state index in [2.05, 4.69) is 25.4 Å². The number of aromatic amines is 1. The molecule has 0 aliphatic carbocycles. The van der Waals surface area contributed by atoms with E-state index in [0.717, 1.165) is 16.7 Å². The van der Waals surface area contributed by atoms with E-state index in [-0.39, 0.29) is 0 Å². The standard InChI is InChI=1S/C15H18N6O2/c1-5-23-15(22)11-7-16-21(4)14(11)20-13-10-6-8(2)17-12(10)18-9(3)19-13/h6-7H,5H2,1-4H3,(H2,17,18,19,20). The second-order valence-electron chi connectivity index (χ2n) is 5.21. The predicted molar refractivity (Wildman–Crippen MR) is 85.8 cm³/mol. The van der Waals surface area contributed by atoms with Gasteiger partial charge in [-0.1, -0.05) is 0 Å². The number of nitrogens with one attached hydrogen (secondary N) is 2. The van der Waals surface area contributed by atoms with Crippen LogP contribution in [-0.4, -0.2) is 37.3 Å². The first-order chi connectivity index (χ1) is 11.0. The van der Waals surface area contributed by atoms with Gasteiger partial charge in [0, 0.05) is 12.7 Å². The van der Waals surface area contributed by atoms with E-state index < -0.39 is 5.97 Å². The van der Waals surface area contributed by atoms with Gasteiger partial charge >= 0.3 is 5.97 Å². The maximum atomic E-state index is 12.0. The lowest BCUT2D eigenvalue weighted by molar-refractivity contribution is 0.0527. The van der Waals surface area contributed by atoms with Crippen LogP contribution in [0.2, 0.25) is 0 Å². The molecule has 3 heterocycles. The highest BCUT2D eigenvalue weighted by molar-refractivity contribution is 5.97. The second-order valence-corrected chi connectivity index (χ2v) is 5.21. The van der Waals surface area contributed by atoms with Crippen LogP contribution in [-0.2, 0) is 11.8 Å². The Morgan fingerprint density at radius 1 is 1.39 bits per heavy atom. The summed E-state index contributed by atoms with van der Waals surface area (Å²) in [5.74, 6) is 1.35. The van der Waals surface area contributed by atoms with Gasteiger partial charge in [-0.25, -0.2) is 14.8 Å². The number of anilines is 2. The molecule has 0 bridgehead atoms. The molecule has 2 N–H and O–H groups in total. The summed E-state index contributed by atoms with van der Waals surface area (Å²) in [6.07, 6.45) is 1.48. The molecule has 0 radical (unpaired) electrons. The summed E-state index contributed by atoms with van der Waals surface area (Å²) >= 11 is 0. The van der Waals surface area contributed by atoms with Crippen molar-refractivity contribution < 1.29 is 9.53 Å². The van der Waals surface area contributed by atoms with Crippen LogP contribution >= 0.6 is 0 Å². The number of esters is 1. The van der Waals surface area contributed by atoms with Crippen molar-refractivity contribution in [2.24, 2.45) is 7.05 Å². The van der Waals surface area contributed by atoms with E-state index in [9.17, 15) is 4.79 Å². The minimum Gasteiger partial charge on any atom is -0.462 e. The Balaban J connectivity index is 2.06. The van der Waals surface area contributed by atoms with Gasteiger partial charge in [0.05, 0.1) is 18.2 Å². The van der Waals surface area contributed by atoms with Gasteiger partial charge in [-0.3, -0.25) is 4.68 Å². The number of H-pyrrole nitrogens is 1. The maximum absolute atomic E-state index is 12.0. The molecule has 0 aromatic carbocycles. The molecule has 120 valence electrons. The number of fused-ring (bicyclic) bond motifs is 1. The van der Waals surface area contributed by atoms with Gasteiger partial charge in [-0.05, 0) is 26.8 Å². The predicted octanol–water partition coefficient (Wildman–Crippen LogP) is 2.23. The monoisotopic (exact) mass is 314 g/mol. The van der Waals surface area contributed by atoms with Crippen molar-refractivity contribution in [1.29, 1.82) is 0 Å². The van der Waals surface area contributed by atoms with E-state index in [1.54, 1.807) is 18.7 Å². The third kappa shape index (κ3) is 2.75. The smallest absolute Gasteiger partial charge is 0.343 e.